The summed E-state index contributed by atoms with van der Waals surface area (Å²) >= 11 is 0. The standard InChI is InChI=1S/C23H31NO5S/c1-29-20-11-7-17(8-12-20)13-14-30(27,28)24-16-22-19-10-9-18(15-19)21(22)5-3-2-4-6-23(25)26/h3,5,7-8,11-14,18-19,21-22,24H,2,4,6,9-10,15-16H2,1H3,(H,25,26). The second kappa shape index (κ2) is 10.3. The number of fused-ring (bicyclic) bond motifs is 2. The molecule has 2 aliphatic carbocycles. The molecule has 0 aromatic heterocycles. The fraction of sp³-hybridized carbons (Fsp3) is 0.522. The third-order valence-corrected chi connectivity index (χ3v) is 7.42. The van der Waals surface area contributed by atoms with Crippen molar-refractivity contribution in [1.29, 1.82) is 0 Å². The van der Waals surface area contributed by atoms with Crippen molar-refractivity contribution in [2.24, 2.45) is 23.7 Å². The molecule has 2 aliphatic rings. The molecule has 2 bridgehead atoms. The van der Waals surface area contributed by atoms with E-state index in [9.17, 15) is 13.2 Å². The number of allylic oxidation sites excluding steroid dienone is 2. The predicted octanol–water partition coefficient (Wildman–Crippen LogP) is 4.06. The first-order valence-electron chi connectivity index (χ1n) is 10.6. The molecule has 164 valence electrons. The second-order valence-corrected chi connectivity index (χ2v) is 9.91. The van der Waals surface area contributed by atoms with Gasteiger partial charge >= 0.3 is 5.97 Å². The van der Waals surface area contributed by atoms with E-state index in [4.69, 9.17) is 9.84 Å². The highest BCUT2D eigenvalue weighted by molar-refractivity contribution is 7.92. The van der Waals surface area contributed by atoms with Gasteiger partial charge in [-0.05, 0) is 79.5 Å². The zero-order chi connectivity index (χ0) is 21.6. The van der Waals surface area contributed by atoms with Crippen LogP contribution in [0.1, 0.15) is 44.1 Å². The van der Waals surface area contributed by atoms with Crippen LogP contribution in [0.25, 0.3) is 6.08 Å². The molecule has 2 fully saturated rings. The maximum absolute atomic E-state index is 12.5. The Morgan fingerprint density at radius 1 is 1.23 bits per heavy atom. The number of hydrogen-bond acceptors (Lipinski definition) is 4. The molecule has 3 rings (SSSR count). The van der Waals surface area contributed by atoms with Gasteiger partial charge in [-0.1, -0.05) is 24.3 Å². The molecule has 0 aliphatic heterocycles. The van der Waals surface area contributed by atoms with Gasteiger partial charge in [0.15, 0.2) is 0 Å². The van der Waals surface area contributed by atoms with Crippen LogP contribution in [0.15, 0.2) is 41.8 Å². The Balaban J connectivity index is 1.54. The number of sulfonamides is 1. The third-order valence-electron chi connectivity index (χ3n) is 6.35. The van der Waals surface area contributed by atoms with Crippen molar-refractivity contribution in [1.82, 2.24) is 4.72 Å². The molecule has 2 saturated carbocycles. The van der Waals surface area contributed by atoms with Crippen LogP contribution in [0.2, 0.25) is 0 Å². The number of benzene rings is 1. The van der Waals surface area contributed by atoms with Crippen molar-refractivity contribution in [3.63, 3.8) is 0 Å². The molecule has 0 radical (unpaired) electrons. The number of aliphatic carboxylic acids is 1. The lowest BCUT2D eigenvalue weighted by molar-refractivity contribution is -0.137. The van der Waals surface area contributed by atoms with Crippen LogP contribution in [0.4, 0.5) is 0 Å². The highest BCUT2D eigenvalue weighted by Gasteiger charge is 2.46. The quantitative estimate of drug-likeness (QED) is 0.406. The van der Waals surface area contributed by atoms with Gasteiger partial charge in [0.2, 0.25) is 10.0 Å². The van der Waals surface area contributed by atoms with Crippen molar-refractivity contribution in [3.05, 3.63) is 47.4 Å². The summed E-state index contributed by atoms with van der Waals surface area (Å²) < 4.78 is 32.8. The summed E-state index contributed by atoms with van der Waals surface area (Å²) in [4.78, 5) is 10.6. The number of rotatable bonds is 11. The van der Waals surface area contributed by atoms with E-state index in [1.165, 1.54) is 18.2 Å². The van der Waals surface area contributed by atoms with E-state index >= 15 is 0 Å². The van der Waals surface area contributed by atoms with Gasteiger partial charge < -0.3 is 9.84 Å². The van der Waals surface area contributed by atoms with E-state index in [0.717, 1.165) is 24.2 Å². The normalized spacial score (nSPS) is 26.0. The molecule has 1 aromatic rings. The number of carbonyl (C=O) groups is 1. The lowest BCUT2D eigenvalue weighted by atomic mass is 9.79. The molecule has 7 heteroatoms. The third kappa shape index (κ3) is 6.19. The largest absolute Gasteiger partial charge is 0.497 e. The summed E-state index contributed by atoms with van der Waals surface area (Å²) in [5.41, 5.74) is 0.795. The number of hydrogen-bond donors (Lipinski definition) is 2. The summed E-state index contributed by atoms with van der Waals surface area (Å²) in [5, 5.41) is 9.96. The molecule has 2 N–H and O–H groups in total. The van der Waals surface area contributed by atoms with Crippen LogP contribution in [0.3, 0.4) is 0 Å². The molecule has 0 saturated heterocycles. The van der Waals surface area contributed by atoms with Gasteiger partial charge in [0.1, 0.15) is 5.75 Å². The van der Waals surface area contributed by atoms with E-state index in [1.807, 2.05) is 12.1 Å². The van der Waals surface area contributed by atoms with Gasteiger partial charge in [-0.25, -0.2) is 13.1 Å². The Bertz CT molecular complexity index is 875. The Morgan fingerprint density at radius 2 is 1.97 bits per heavy atom. The number of unbranched alkanes of at least 4 members (excludes halogenated alkanes) is 1. The van der Waals surface area contributed by atoms with Crippen molar-refractivity contribution in [2.45, 2.75) is 38.5 Å². The van der Waals surface area contributed by atoms with Gasteiger partial charge in [0, 0.05) is 18.4 Å². The molecule has 0 spiro atoms. The highest BCUT2D eigenvalue weighted by Crippen LogP contribution is 2.52. The second-order valence-electron chi connectivity index (χ2n) is 8.26. The van der Waals surface area contributed by atoms with Gasteiger partial charge in [0.25, 0.3) is 0 Å². The Labute approximate surface area is 179 Å². The maximum Gasteiger partial charge on any atom is 0.303 e. The van der Waals surface area contributed by atoms with Crippen LogP contribution in [-0.4, -0.2) is 33.1 Å². The minimum Gasteiger partial charge on any atom is -0.497 e. The van der Waals surface area contributed by atoms with E-state index in [1.54, 1.807) is 25.3 Å². The summed E-state index contributed by atoms with van der Waals surface area (Å²) in [6, 6.07) is 7.21. The first kappa shape index (κ1) is 22.6. The van der Waals surface area contributed by atoms with Gasteiger partial charge in [-0.2, -0.15) is 0 Å². The molecule has 4 atom stereocenters. The molecule has 6 nitrogen and oxygen atoms in total. The van der Waals surface area contributed by atoms with Crippen molar-refractivity contribution in [3.8, 4) is 5.75 Å². The molecular formula is C23H31NO5S. The van der Waals surface area contributed by atoms with Crippen LogP contribution in [0.5, 0.6) is 5.75 Å². The maximum atomic E-state index is 12.5. The number of carboxylic acids is 1. The fourth-order valence-electron chi connectivity index (χ4n) is 4.83. The minimum atomic E-state index is -3.51. The minimum absolute atomic E-state index is 0.185. The van der Waals surface area contributed by atoms with Crippen molar-refractivity contribution in [2.75, 3.05) is 13.7 Å². The van der Waals surface area contributed by atoms with E-state index in [2.05, 4.69) is 16.9 Å². The van der Waals surface area contributed by atoms with Gasteiger partial charge in [-0.3, -0.25) is 4.79 Å². The van der Waals surface area contributed by atoms with E-state index in [-0.39, 0.29) is 6.42 Å². The summed E-state index contributed by atoms with van der Waals surface area (Å²) in [6.45, 7) is 0.445. The lowest BCUT2D eigenvalue weighted by Crippen LogP contribution is -2.34. The summed E-state index contributed by atoms with van der Waals surface area (Å²) in [7, 11) is -1.92. The van der Waals surface area contributed by atoms with Crippen LogP contribution in [-0.2, 0) is 14.8 Å². The van der Waals surface area contributed by atoms with Crippen LogP contribution < -0.4 is 9.46 Å². The molecule has 1 aromatic carbocycles. The summed E-state index contributed by atoms with van der Waals surface area (Å²) in [6.07, 6.45) is 11.0. The molecular weight excluding hydrogens is 402 g/mol. The number of ether oxygens (including phenoxy) is 1. The number of nitrogens with one attached hydrogen (secondary N) is 1. The first-order chi connectivity index (χ1) is 14.4. The predicted molar refractivity (Wildman–Crippen MR) is 117 cm³/mol. The Kier molecular flexibility index (Phi) is 7.72. The summed E-state index contributed by atoms with van der Waals surface area (Å²) in [5.74, 6) is 1.84. The molecule has 0 amide bonds. The monoisotopic (exact) mass is 433 g/mol. The topological polar surface area (TPSA) is 92.7 Å². The first-order valence-corrected chi connectivity index (χ1v) is 12.1. The van der Waals surface area contributed by atoms with E-state index in [0.29, 0.717) is 36.6 Å². The average Bonchev–Trinajstić information content (AvgIpc) is 3.32. The number of carboxylic acid groups (broad SMARTS) is 1. The number of methoxy groups -OCH3 is 1. The zero-order valence-electron chi connectivity index (χ0n) is 17.4. The highest BCUT2D eigenvalue weighted by atomic mass is 32.2. The van der Waals surface area contributed by atoms with Crippen molar-refractivity contribution >= 4 is 22.1 Å². The van der Waals surface area contributed by atoms with Crippen molar-refractivity contribution < 1.29 is 23.1 Å². The molecule has 4 unspecified atom stereocenters. The van der Waals surface area contributed by atoms with Gasteiger partial charge in [0.05, 0.1) is 7.11 Å². The Hall–Kier alpha value is -2.12. The van der Waals surface area contributed by atoms with E-state index < -0.39 is 16.0 Å². The Morgan fingerprint density at radius 3 is 2.67 bits per heavy atom. The molecule has 0 heterocycles. The fourth-order valence-corrected chi connectivity index (χ4v) is 5.68. The molecule has 30 heavy (non-hydrogen) atoms. The average molecular weight is 434 g/mol. The lowest BCUT2D eigenvalue weighted by Gasteiger charge is -2.29. The SMILES string of the molecule is COc1ccc(C=CS(=O)(=O)NCC2C3CCC(C3)C2C=CCCCC(=O)O)cc1. The van der Waals surface area contributed by atoms with Crippen LogP contribution >= 0.6 is 0 Å². The van der Waals surface area contributed by atoms with Crippen LogP contribution in [0, 0.1) is 23.7 Å². The smallest absolute Gasteiger partial charge is 0.303 e. The zero-order valence-corrected chi connectivity index (χ0v) is 18.2. The van der Waals surface area contributed by atoms with Gasteiger partial charge in [-0.15, -0.1) is 0 Å².